The fraction of sp³-hybridized carbons (Fsp3) is 0.417. The molecule has 0 bridgehead atoms. The van der Waals surface area contributed by atoms with E-state index in [4.69, 9.17) is 11.0 Å². The summed E-state index contributed by atoms with van der Waals surface area (Å²) >= 11 is 0. The first-order valence-electron chi connectivity index (χ1n) is 5.25. The number of benzene rings is 1. The largest absolute Gasteiger partial charge is 0.382 e. The monoisotopic (exact) mass is 201 g/mol. The first kappa shape index (κ1) is 10.0. The molecule has 0 aromatic heterocycles. The number of nitriles is 1. The van der Waals surface area contributed by atoms with E-state index in [0.717, 1.165) is 25.1 Å². The Balaban J connectivity index is 2.02. The van der Waals surface area contributed by atoms with Crippen molar-refractivity contribution in [1.82, 2.24) is 0 Å². The Hall–Kier alpha value is -1.53. The molecule has 0 radical (unpaired) electrons. The second-order valence-electron chi connectivity index (χ2n) is 4.23. The molecular formula is C12H15N3. The summed E-state index contributed by atoms with van der Waals surface area (Å²) in [6, 6.07) is 9.68. The van der Waals surface area contributed by atoms with E-state index >= 15 is 0 Å². The number of anilines is 1. The summed E-state index contributed by atoms with van der Waals surface area (Å²) in [7, 11) is 0. The average molecular weight is 201 g/mol. The highest BCUT2D eigenvalue weighted by Crippen LogP contribution is 2.29. The molecular weight excluding hydrogens is 186 g/mol. The molecule has 0 heterocycles. The molecule has 15 heavy (non-hydrogen) atoms. The van der Waals surface area contributed by atoms with Gasteiger partial charge in [-0.3, -0.25) is 0 Å². The van der Waals surface area contributed by atoms with Crippen molar-refractivity contribution in [2.75, 3.05) is 11.9 Å². The molecule has 0 spiro atoms. The number of rotatable bonds is 3. The van der Waals surface area contributed by atoms with Crippen LogP contribution >= 0.6 is 0 Å². The quantitative estimate of drug-likeness (QED) is 0.784. The Kier molecular flexibility index (Phi) is 2.61. The second-order valence-corrected chi connectivity index (χ2v) is 4.23. The normalized spacial score (nSPS) is 17.6. The van der Waals surface area contributed by atoms with Crippen LogP contribution < -0.4 is 11.1 Å². The molecule has 3 N–H and O–H groups in total. The highest BCUT2D eigenvalue weighted by molar-refractivity contribution is 5.57. The zero-order valence-corrected chi connectivity index (χ0v) is 8.66. The maximum absolute atomic E-state index is 8.90. The molecule has 1 aromatic rings. The topological polar surface area (TPSA) is 61.8 Å². The van der Waals surface area contributed by atoms with Crippen molar-refractivity contribution in [3.05, 3.63) is 29.8 Å². The molecule has 3 heteroatoms. The minimum absolute atomic E-state index is 0.0530. The van der Waals surface area contributed by atoms with Crippen LogP contribution in [0, 0.1) is 11.3 Å². The van der Waals surface area contributed by atoms with Gasteiger partial charge < -0.3 is 11.1 Å². The van der Waals surface area contributed by atoms with Crippen molar-refractivity contribution in [2.24, 2.45) is 5.73 Å². The van der Waals surface area contributed by atoms with Gasteiger partial charge in [0.1, 0.15) is 6.07 Å². The van der Waals surface area contributed by atoms with E-state index in [1.807, 2.05) is 24.3 Å². The predicted octanol–water partition coefficient (Wildman–Crippen LogP) is 1.85. The van der Waals surface area contributed by atoms with Crippen molar-refractivity contribution in [2.45, 2.75) is 24.8 Å². The van der Waals surface area contributed by atoms with E-state index < -0.39 is 0 Å². The summed E-state index contributed by atoms with van der Waals surface area (Å²) < 4.78 is 0. The standard InChI is InChI=1S/C12H15N3/c13-8-10-4-1-2-5-11(10)15-9-12(14)6-3-7-12/h1-2,4-5,15H,3,6-7,9,14H2. The average Bonchev–Trinajstić information content (AvgIpc) is 2.24. The molecule has 0 atom stereocenters. The van der Waals surface area contributed by atoms with Crippen LogP contribution in [0.15, 0.2) is 24.3 Å². The van der Waals surface area contributed by atoms with Crippen LogP contribution in [0.4, 0.5) is 5.69 Å². The SMILES string of the molecule is N#Cc1ccccc1NCC1(N)CCC1. The smallest absolute Gasteiger partial charge is 0.101 e. The molecule has 78 valence electrons. The van der Waals surface area contributed by atoms with Gasteiger partial charge in [-0.1, -0.05) is 12.1 Å². The summed E-state index contributed by atoms with van der Waals surface area (Å²) in [5.74, 6) is 0. The number of nitrogens with one attached hydrogen (secondary N) is 1. The fourth-order valence-electron chi connectivity index (χ4n) is 1.81. The predicted molar refractivity (Wildman–Crippen MR) is 60.4 cm³/mol. The minimum Gasteiger partial charge on any atom is -0.382 e. The van der Waals surface area contributed by atoms with Crippen molar-refractivity contribution >= 4 is 5.69 Å². The van der Waals surface area contributed by atoms with Gasteiger partial charge in [-0.2, -0.15) is 5.26 Å². The highest BCUT2D eigenvalue weighted by Gasteiger charge is 2.32. The first-order valence-corrected chi connectivity index (χ1v) is 5.25. The number of hydrogen-bond donors (Lipinski definition) is 2. The molecule has 1 aromatic carbocycles. The van der Waals surface area contributed by atoms with Crippen LogP contribution in [0.2, 0.25) is 0 Å². The third kappa shape index (κ3) is 2.11. The van der Waals surface area contributed by atoms with Crippen LogP contribution in [0.3, 0.4) is 0 Å². The van der Waals surface area contributed by atoms with E-state index in [1.54, 1.807) is 0 Å². The second kappa shape index (κ2) is 3.92. The Morgan fingerprint density at radius 3 is 2.73 bits per heavy atom. The van der Waals surface area contributed by atoms with Gasteiger partial charge in [-0.25, -0.2) is 0 Å². The lowest BCUT2D eigenvalue weighted by Crippen LogP contribution is -2.52. The minimum atomic E-state index is -0.0530. The molecule has 0 unspecified atom stereocenters. The molecule has 1 aliphatic carbocycles. The van der Waals surface area contributed by atoms with Crippen LogP contribution in [0.25, 0.3) is 0 Å². The third-order valence-electron chi connectivity index (χ3n) is 3.03. The highest BCUT2D eigenvalue weighted by atomic mass is 15.0. The summed E-state index contributed by atoms with van der Waals surface area (Å²) in [6.45, 7) is 0.756. The van der Waals surface area contributed by atoms with Gasteiger partial charge in [-0.05, 0) is 31.4 Å². The van der Waals surface area contributed by atoms with Gasteiger partial charge in [0.05, 0.1) is 11.3 Å². The summed E-state index contributed by atoms with van der Waals surface area (Å²) in [5.41, 5.74) is 7.61. The first-order chi connectivity index (χ1) is 7.23. The summed E-state index contributed by atoms with van der Waals surface area (Å²) in [4.78, 5) is 0. The Bertz CT molecular complexity index is 388. The van der Waals surface area contributed by atoms with Gasteiger partial charge in [0.15, 0.2) is 0 Å². The van der Waals surface area contributed by atoms with Gasteiger partial charge in [0, 0.05) is 12.1 Å². The zero-order chi connectivity index (χ0) is 10.7. The molecule has 2 rings (SSSR count). The van der Waals surface area contributed by atoms with E-state index in [9.17, 15) is 0 Å². The van der Waals surface area contributed by atoms with Crippen molar-refractivity contribution in [1.29, 1.82) is 5.26 Å². The van der Waals surface area contributed by atoms with Gasteiger partial charge in [0.2, 0.25) is 0 Å². The van der Waals surface area contributed by atoms with Gasteiger partial charge in [0.25, 0.3) is 0 Å². The Morgan fingerprint density at radius 2 is 2.13 bits per heavy atom. The Labute approximate surface area is 89.9 Å². The molecule has 3 nitrogen and oxygen atoms in total. The van der Waals surface area contributed by atoms with Crippen LogP contribution in [-0.4, -0.2) is 12.1 Å². The zero-order valence-electron chi connectivity index (χ0n) is 8.66. The van der Waals surface area contributed by atoms with Crippen LogP contribution in [0.5, 0.6) is 0 Å². The van der Waals surface area contributed by atoms with Gasteiger partial charge >= 0.3 is 0 Å². The molecule has 0 aliphatic heterocycles. The van der Waals surface area contributed by atoms with Gasteiger partial charge in [-0.15, -0.1) is 0 Å². The summed E-state index contributed by atoms with van der Waals surface area (Å²) in [6.07, 6.45) is 3.38. The lowest BCUT2D eigenvalue weighted by molar-refractivity contribution is 0.265. The third-order valence-corrected chi connectivity index (χ3v) is 3.03. The van der Waals surface area contributed by atoms with Crippen LogP contribution in [0.1, 0.15) is 24.8 Å². The number of nitrogens with two attached hydrogens (primary N) is 1. The van der Waals surface area contributed by atoms with E-state index in [2.05, 4.69) is 11.4 Å². The molecule has 0 saturated heterocycles. The molecule has 0 amide bonds. The number of hydrogen-bond acceptors (Lipinski definition) is 3. The lowest BCUT2D eigenvalue weighted by atomic mass is 9.78. The molecule has 1 fully saturated rings. The maximum Gasteiger partial charge on any atom is 0.101 e. The summed E-state index contributed by atoms with van der Waals surface area (Å²) in [5, 5.41) is 12.2. The van der Waals surface area contributed by atoms with E-state index in [-0.39, 0.29) is 5.54 Å². The van der Waals surface area contributed by atoms with Crippen molar-refractivity contribution in [3.8, 4) is 6.07 Å². The maximum atomic E-state index is 8.90. The van der Waals surface area contributed by atoms with Crippen molar-refractivity contribution < 1.29 is 0 Å². The lowest BCUT2D eigenvalue weighted by Gasteiger charge is -2.38. The van der Waals surface area contributed by atoms with Crippen LogP contribution in [-0.2, 0) is 0 Å². The van der Waals surface area contributed by atoms with E-state index in [1.165, 1.54) is 6.42 Å². The van der Waals surface area contributed by atoms with E-state index in [0.29, 0.717) is 5.56 Å². The van der Waals surface area contributed by atoms with Crippen molar-refractivity contribution in [3.63, 3.8) is 0 Å². The Morgan fingerprint density at radius 1 is 1.40 bits per heavy atom. The fourth-order valence-corrected chi connectivity index (χ4v) is 1.81. The number of para-hydroxylation sites is 1. The molecule has 1 saturated carbocycles. The molecule has 1 aliphatic rings. The number of nitrogens with zero attached hydrogens (tertiary/aromatic N) is 1.